The van der Waals surface area contributed by atoms with Crippen molar-refractivity contribution in [2.75, 3.05) is 0 Å². The van der Waals surface area contributed by atoms with Crippen LogP contribution in [0, 0.1) is 0 Å². The number of para-hydroxylation sites is 2. The van der Waals surface area contributed by atoms with Gasteiger partial charge in [0.25, 0.3) is 0 Å². The number of H-pyrrole nitrogens is 1. The van der Waals surface area contributed by atoms with Gasteiger partial charge in [-0.3, -0.25) is 18.7 Å². The molecule has 0 aliphatic heterocycles. The van der Waals surface area contributed by atoms with Crippen LogP contribution in [0.4, 0.5) is 0 Å². The van der Waals surface area contributed by atoms with E-state index in [1.807, 2.05) is 51.2 Å². The number of hydrogen-bond donors (Lipinski definition) is 2. The molecule has 4 rings (SSSR count). The summed E-state index contributed by atoms with van der Waals surface area (Å²) in [7, 11) is 1.95. The molecule has 2 heterocycles. The number of nitrogens with zero attached hydrogens (tertiary/aromatic N) is 2. The molecule has 0 bridgehead atoms. The molecule has 0 spiro atoms. The maximum Gasteiger partial charge on any atom is 0.329 e. The molecule has 9 heteroatoms. The van der Waals surface area contributed by atoms with Gasteiger partial charge in [0.2, 0.25) is 0 Å². The van der Waals surface area contributed by atoms with Gasteiger partial charge in [0, 0.05) is 6.04 Å². The van der Waals surface area contributed by atoms with Crippen LogP contribution in [0.25, 0.3) is 21.3 Å². The van der Waals surface area contributed by atoms with Gasteiger partial charge in [-0.05, 0) is 30.2 Å². The van der Waals surface area contributed by atoms with Gasteiger partial charge in [-0.2, -0.15) is 0 Å². The monoisotopic (exact) mass is 423 g/mol. The second-order valence-electron chi connectivity index (χ2n) is 7.58. The number of aliphatic carboxylic acids is 1. The van der Waals surface area contributed by atoms with E-state index in [-0.39, 0.29) is 17.0 Å². The zero-order valence-electron chi connectivity index (χ0n) is 16.8. The fourth-order valence-electron chi connectivity index (χ4n) is 4.17. The molecule has 2 aromatic heterocycles. The zero-order chi connectivity index (χ0) is 21.4. The molecule has 30 heavy (non-hydrogen) atoms. The number of aromatic nitrogens is 3. The maximum atomic E-state index is 13.5. The van der Waals surface area contributed by atoms with Crippen molar-refractivity contribution in [1.82, 2.24) is 14.1 Å². The second kappa shape index (κ2) is 7.99. The molecule has 2 N–H and O–H groups in total. The molecule has 0 amide bonds. The fraction of sp³-hybridized carbons (Fsp3) is 0.286. The number of nitrogens with one attached hydrogen (secondary N) is 1. The van der Waals surface area contributed by atoms with Crippen LogP contribution in [-0.2, 0) is 11.3 Å². The SMILES string of the molecule is Bc1cc(Cn2c(=O)n(C(CCC)CC(=O)O)c3ccccc32)c2sc(=O)[nH]c2c1. The summed E-state index contributed by atoms with van der Waals surface area (Å²) in [6.45, 7) is 2.29. The van der Waals surface area contributed by atoms with E-state index in [4.69, 9.17) is 0 Å². The molecule has 0 aliphatic rings. The highest BCUT2D eigenvalue weighted by Crippen LogP contribution is 2.25. The van der Waals surface area contributed by atoms with Gasteiger partial charge in [-0.15, -0.1) is 0 Å². The quantitative estimate of drug-likeness (QED) is 0.444. The maximum absolute atomic E-state index is 13.5. The summed E-state index contributed by atoms with van der Waals surface area (Å²) in [5, 5.41) is 9.37. The van der Waals surface area contributed by atoms with Gasteiger partial charge in [0.1, 0.15) is 7.85 Å². The lowest BCUT2D eigenvalue weighted by atomic mass is 9.94. The lowest BCUT2D eigenvalue weighted by molar-refractivity contribution is -0.137. The predicted molar refractivity (Wildman–Crippen MR) is 122 cm³/mol. The topological polar surface area (TPSA) is 97.1 Å². The largest absolute Gasteiger partial charge is 0.481 e. The Morgan fingerprint density at radius 2 is 1.97 bits per heavy atom. The first kappa shape index (κ1) is 20.2. The minimum Gasteiger partial charge on any atom is -0.481 e. The summed E-state index contributed by atoms with van der Waals surface area (Å²) in [6.07, 6.45) is 1.28. The van der Waals surface area contributed by atoms with Crippen molar-refractivity contribution in [2.24, 2.45) is 0 Å². The Bertz CT molecular complexity index is 1360. The third kappa shape index (κ3) is 3.61. The van der Waals surface area contributed by atoms with Crippen LogP contribution in [-0.4, -0.2) is 33.0 Å². The van der Waals surface area contributed by atoms with Crippen LogP contribution in [0.3, 0.4) is 0 Å². The summed E-state index contributed by atoms with van der Waals surface area (Å²) in [4.78, 5) is 39.5. The molecule has 1 unspecified atom stereocenters. The number of fused-ring (bicyclic) bond motifs is 2. The van der Waals surface area contributed by atoms with E-state index in [1.165, 1.54) is 0 Å². The van der Waals surface area contributed by atoms with Gasteiger partial charge < -0.3 is 10.1 Å². The Hall–Kier alpha value is -3.07. The van der Waals surface area contributed by atoms with E-state index < -0.39 is 12.0 Å². The number of aromatic amines is 1. The van der Waals surface area contributed by atoms with Crippen molar-refractivity contribution in [3.05, 3.63) is 62.1 Å². The summed E-state index contributed by atoms with van der Waals surface area (Å²) in [6, 6.07) is 11.0. The van der Waals surface area contributed by atoms with Gasteiger partial charge >= 0.3 is 16.5 Å². The first-order valence-electron chi connectivity index (χ1n) is 9.93. The Balaban J connectivity index is 1.91. The van der Waals surface area contributed by atoms with Crippen molar-refractivity contribution >= 4 is 51.9 Å². The summed E-state index contributed by atoms with van der Waals surface area (Å²) in [5.74, 6) is -0.922. The molecular weight excluding hydrogens is 401 g/mol. The molecule has 0 saturated carbocycles. The predicted octanol–water partition coefficient (Wildman–Crippen LogP) is 1.83. The Kier molecular flexibility index (Phi) is 5.38. The average Bonchev–Trinajstić information content (AvgIpc) is 3.18. The van der Waals surface area contributed by atoms with Crippen molar-refractivity contribution in [3.63, 3.8) is 0 Å². The Labute approximate surface area is 177 Å². The van der Waals surface area contributed by atoms with E-state index in [0.29, 0.717) is 13.0 Å². The van der Waals surface area contributed by atoms with E-state index in [1.54, 1.807) is 9.13 Å². The van der Waals surface area contributed by atoms with Crippen molar-refractivity contribution < 1.29 is 9.90 Å². The number of thiazole rings is 1. The standard InChI is InChI=1S/C21H22BN3O4S/c1-2-5-14(10-18(26)27)25-17-7-4-3-6-16(17)24(21(25)29)11-12-8-13(22)9-15-19(12)30-20(28)23-15/h3-4,6-9,14H,2,5,10-11,22H2,1H3,(H,23,28)(H,26,27). The minimum atomic E-state index is -0.922. The molecule has 2 aromatic carbocycles. The average molecular weight is 423 g/mol. The summed E-state index contributed by atoms with van der Waals surface area (Å²) >= 11 is 1.14. The van der Waals surface area contributed by atoms with Crippen molar-refractivity contribution in [3.8, 4) is 0 Å². The summed E-state index contributed by atoms with van der Waals surface area (Å²) in [5.41, 5.74) is 3.92. The number of rotatable bonds is 7. The molecule has 154 valence electrons. The zero-order valence-corrected chi connectivity index (χ0v) is 17.7. The number of benzene rings is 2. The number of imidazole rings is 1. The number of carboxylic acid groups (broad SMARTS) is 1. The fourth-order valence-corrected chi connectivity index (χ4v) is 4.99. The number of hydrogen-bond acceptors (Lipinski definition) is 4. The lowest BCUT2D eigenvalue weighted by Crippen LogP contribution is -2.29. The van der Waals surface area contributed by atoms with Gasteiger partial charge in [0.05, 0.1) is 34.2 Å². The molecule has 0 saturated heterocycles. The first-order chi connectivity index (χ1) is 14.4. The third-order valence-electron chi connectivity index (χ3n) is 5.34. The molecule has 0 aliphatic carbocycles. The highest BCUT2D eigenvalue weighted by Gasteiger charge is 2.22. The molecule has 1 atom stereocenters. The van der Waals surface area contributed by atoms with Gasteiger partial charge in [-0.25, -0.2) is 4.79 Å². The lowest BCUT2D eigenvalue weighted by Gasteiger charge is -2.16. The molecule has 7 nitrogen and oxygen atoms in total. The van der Waals surface area contributed by atoms with E-state index >= 15 is 0 Å². The smallest absolute Gasteiger partial charge is 0.329 e. The highest BCUT2D eigenvalue weighted by molar-refractivity contribution is 7.16. The van der Waals surface area contributed by atoms with Crippen LogP contribution >= 0.6 is 11.3 Å². The molecular formula is C21H22BN3O4S. The Morgan fingerprint density at radius 1 is 1.23 bits per heavy atom. The van der Waals surface area contributed by atoms with Gasteiger partial charge in [0.15, 0.2) is 0 Å². The highest BCUT2D eigenvalue weighted by atomic mass is 32.1. The minimum absolute atomic E-state index is 0.101. The third-order valence-corrected chi connectivity index (χ3v) is 6.31. The normalized spacial score (nSPS) is 12.6. The van der Waals surface area contributed by atoms with Crippen LogP contribution in [0.1, 0.15) is 37.8 Å². The number of carboxylic acids is 1. The second-order valence-corrected chi connectivity index (χ2v) is 8.57. The van der Waals surface area contributed by atoms with Crippen molar-refractivity contribution in [2.45, 2.75) is 38.8 Å². The van der Waals surface area contributed by atoms with Crippen LogP contribution in [0.2, 0.25) is 0 Å². The van der Waals surface area contributed by atoms with Gasteiger partial charge in [-0.1, -0.05) is 48.3 Å². The van der Waals surface area contributed by atoms with E-state index in [0.717, 1.165) is 50.0 Å². The van der Waals surface area contributed by atoms with E-state index in [2.05, 4.69) is 4.98 Å². The van der Waals surface area contributed by atoms with Crippen LogP contribution < -0.4 is 16.0 Å². The molecule has 0 fully saturated rings. The number of carbonyl (C=O) groups is 1. The molecule has 4 aromatic rings. The van der Waals surface area contributed by atoms with Crippen LogP contribution in [0.5, 0.6) is 0 Å². The Morgan fingerprint density at radius 3 is 2.67 bits per heavy atom. The molecule has 0 radical (unpaired) electrons. The first-order valence-corrected chi connectivity index (χ1v) is 10.7. The van der Waals surface area contributed by atoms with Crippen LogP contribution in [0.15, 0.2) is 46.0 Å². The van der Waals surface area contributed by atoms with E-state index in [9.17, 15) is 19.5 Å². The summed E-state index contributed by atoms with van der Waals surface area (Å²) < 4.78 is 4.14. The van der Waals surface area contributed by atoms with Crippen molar-refractivity contribution in [1.29, 1.82) is 0 Å².